The van der Waals surface area contributed by atoms with Gasteiger partial charge in [0.15, 0.2) is 5.11 Å². The van der Waals surface area contributed by atoms with E-state index in [1.807, 2.05) is 24.3 Å². The van der Waals surface area contributed by atoms with E-state index >= 15 is 0 Å². The summed E-state index contributed by atoms with van der Waals surface area (Å²) >= 11 is 11.0. The van der Waals surface area contributed by atoms with Crippen LogP contribution in [0.3, 0.4) is 0 Å². The fraction of sp³-hybridized carbons (Fsp3) is 0.176. The Hall–Kier alpha value is -2.18. The van der Waals surface area contributed by atoms with Gasteiger partial charge in [-0.25, -0.2) is 4.39 Å². The number of carbonyl (C=O) groups excluding carboxylic acids is 1. The molecular weight excluding hydrogens is 349 g/mol. The molecule has 2 aromatic rings. The first-order chi connectivity index (χ1) is 11.5. The van der Waals surface area contributed by atoms with Gasteiger partial charge in [0.25, 0.3) is 0 Å². The Morgan fingerprint density at radius 1 is 1.17 bits per heavy atom. The van der Waals surface area contributed by atoms with Crippen LogP contribution in [-0.2, 0) is 17.6 Å². The lowest BCUT2D eigenvalue weighted by atomic mass is 10.1. The van der Waals surface area contributed by atoms with Crippen molar-refractivity contribution in [3.05, 3.63) is 64.4 Å². The average molecular weight is 366 g/mol. The summed E-state index contributed by atoms with van der Waals surface area (Å²) in [7, 11) is 0. The Balaban J connectivity index is 1.83. The fourth-order valence-corrected chi connectivity index (χ4v) is 2.42. The lowest BCUT2D eigenvalue weighted by Crippen LogP contribution is -2.44. The number of benzene rings is 2. The molecule has 0 aromatic heterocycles. The second-order valence-electron chi connectivity index (χ2n) is 5.05. The topological polar surface area (TPSA) is 53.2 Å². The van der Waals surface area contributed by atoms with Gasteiger partial charge in [0.05, 0.1) is 6.42 Å². The second kappa shape index (κ2) is 8.61. The van der Waals surface area contributed by atoms with Gasteiger partial charge in [0.1, 0.15) is 5.82 Å². The highest BCUT2D eigenvalue weighted by Gasteiger charge is 2.11. The highest BCUT2D eigenvalue weighted by molar-refractivity contribution is 7.80. The normalized spacial score (nSPS) is 10.1. The van der Waals surface area contributed by atoms with Gasteiger partial charge in [0, 0.05) is 16.3 Å². The molecule has 24 heavy (non-hydrogen) atoms. The largest absolute Gasteiger partial charge is 0.331 e. The molecule has 0 heterocycles. The Morgan fingerprint density at radius 3 is 2.50 bits per heavy atom. The monoisotopic (exact) mass is 365 g/mol. The maximum atomic E-state index is 13.6. The smallest absolute Gasteiger partial charge is 0.242 e. The summed E-state index contributed by atoms with van der Waals surface area (Å²) in [6, 6.07) is 12.1. The standard InChI is InChI=1S/C17H17ClFN3OS/c1-2-11-6-8-12(9-7-11)20-17(24)22-21-16(23)10-13-14(18)4-3-5-15(13)19/h3-9H,2,10H2,1H3,(H,21,23)(H2,20,22,24). The molecule has 1 amide bonds. The minimum absolute atomic E-state index is 0.146. The first-order valence-electron chi connectivity index (χ1n) is 7.37. The number of carbonyl (C=O) groups is 1. The van der Waals surface area contributed by atoms with Gasteiger partial charge in [-0.15, -0.1) is 0 Å². The molecule has 0 unspecified atom stereocenters. The van der Waals surface area contributed by atoms with E-state index in [1.165, 1.54) is 23.8 Å². The number of thiocarbonyl (C=S) groups is 1. The minimum atomic E-state index is -0.519. The third kappa shape index (κ3) is 5.18. The van der Waals surface area contributed by atoms with Crippen molar-refractivity contribution in [1.82, 2.24) is 10.9 Å². The van der Waals surface area contributed by atoms with Crippen LogP contribution in [0.2, 0.25) is 5.02 Å². The summed E-state index contributed by atoms with van der Waals surface area (Å²) in [5.41, 5.74) is 7.15. The predicted molar refractivity (Wildman–Crippen MR) is 98.4 cm³/mol. The SMILES string of the molecule is CCc1ccc(NC(=S)NNC(=O)Cc2c(F)cccc2Cl)cc1. The third-order valence-corrected chi connectivity index (χ3v) is 3.89. The maximum Gasteiger partial charge on any atom is 0.242 e. The predicted octanol–water partition coefficient (Wildman–Crippen LogP) is 3.60. The van der Waals surface area contributed by atoms with E-state index in [2.05, 4.69) is 23.1 Å². The molecule has 7 heteroatoms. The molecule has 0 atom stereocenters. The van der Waals surface area contributed by atoms with Crippen LogP contribution >= 0.6 is 23.8 Å². The van der Waals surface area contributed by atoms with Crippen LogP contribution in [0.4, 0.5) is 10.1 Å². The van der Waals surface area contributed by atoms with Crippen molar-refractivity contribution in [1.29, 1.82) is 0 Å². The van der Waals surface area contributed by atoms with Crippen molar-refractivity contribution >= 4 is 40.5 Å². The zero-order chi connectivity index (χ0) is 17.5. The number of hydrogen-bond donors (Lipinski definition) is 3. The highest BCUT2D eigenvalue weighted by atomic mass is 35.5. The summed E-state index contributed by atoms with van der Waals surface area (Å²) < 4.78 is 13.6. The van der Waals surface area contributed by atoms with Crippen LogP contribution in [0.1, 0.15) is 18.1 Å². The molecule has 2 rings (SSSR count). The number of aryl methyl sites for hydroxylation is 1. The summed E-state index contributed by atoms with van der Waals surface area (Å²) in [5, 5.41) is 3.38. The van der Waals surface area contributed by atoms with E-state index < -0.39 is 11.7 Å². The number of halogens is 2. The maximum absolute atomic E-state index is 13.6. The molecule has 0 fully saturated rings. The number of amides is 1. The number of hydrogen-bond acceptors (Lipinski definition) is 2. The van der Waals surface area contributed by atoms with E-state index in [-0.39, 0.29) is 22.1 Å². The van der Waals surface area contributed by atoms with Crippen molar-refractivity contribution in [2.24, 2.45) is 0 Å². The van der Waals surface area contributed by atoms with Crippen LogP contribution in [0.25, 0.3) is 0 Å². The number of hydrazine groups is 1. The molecule has 0 aliphatic rings. The molecule has 0 aliphatic carbocycles. The molecule has 3 N–H and O–H groups in total. The molecular formula is C17H17ClFN3OS. The van der Waals surface area contributed by atoms with E-state index in [0.717, 1.165) is 12.1 Å². The Kier molecular flexibility index (Phi) is 6.52. The average Bonchev–Trinajstić information content (AvgIpc) is 2.57. The van der Waals surface area contributed by atoms with Gasteiger partial charge >= 0.3 is 0 Å². The molecule has 0 saturated heterocycles. The summed E-state index contributed by atoms with van der Waals surface area (Å²) in [4.78, 5) is 11.9. The van der Waals surface area contributed by atoms with Crippen LogP contribution in [0.5, 0.6) is 0 Å². The quantitative estimate of drug-likeness (QED) is 0.572. The third-order valence-electron chi connectivity index (χ3n) is 3.33. The zero-order valence-electron chi connectivity index (χ0n) is 13.0. The molecule has 0 radical (unpaired) electrons. The molecule has 4 nitrogen and oxygen atoms in total. The summed E-state index contributed by atoms with van der Waals surface area (Å²) in [6.45, 7) is 2.08. The van der Waals surface area contributed by atoms with Gasteiger partial charge in [-0.3, -0.25) is 15.6 Å². The lowest BCUT2D eigenvalue weighted by Gasteiger charge is -2.12. The second-order valence-corrected chi connectivity index (χ2v) is 5.87. The van der Waals surface area contributed by atoms with E-state index in [1.54, 1.807) is 0 Å². The van der Waals surface area contributed by atoms with E-state index in [4.69, 9.17) is 23.8 Å². The summed E-state index contributed by atoms with van der Waals surface area (Å²) in [5.74, 6) is -0.971. The number of anilines is 1. The molecule has 0 saturated carbocycles. The summed E-state index contributed by atoms with van der Waals surface area (Å²) in [6.07, 6.45) is 0.768. The van der Waals surface area contributed by atoms with Crippen molar-refractivity contribution in [2.75, 3.05) is 5.32 Å². The van der Waals surface area contributed by atoms with Gasteiger partial charge in [0.2, 0.25) is 5.91 Å². The molecule has 0 spiro atoms. The Morgan fingerprint density at radius 2 is 1.88 bits per heavy atom. The van der Waals surface area contributed by atoms with Crippen molar-refractivity contribution in [3.8, 4) is 0 Å². The van der Waals surface area contributed by atoms with E-state index in [9.17, 15) is 9.18 Å². The molecule has 126 valence electrons. The molecule has 2 aromatic carbocycles. The van der Waals surface area contributed by atoms with Gasteiger partial charge < -0.3 is 5.32 Å². The van der Waals surface area contributed by atoms with Crippen molar-refractivity contribution in [2.45, 2.75) is 19.8 Å². The van der Waals surface area contributed by atoms with Gasteiger partial charge in [-0.05, 0) is 48.5 Å². The Bertz CT molecular complexity index is 717. The zero-order valence-corrected chi connectivity index (χ0v) is 14.6. The van der Waals surface area contributed by atoms with Crippen molar-refractivity contribution in [3.63, 3.8) is 0 Å². The van der Waals surface area contributed by atoms with Crippen LogP contribution in [0, 0.1) is 5.82 Å². The molecule has 0 aliphatic heterocycles. The van der Waals surface area contributed by atoms with Crippen LogP contribution in [-0.4, -0.2) is 11.0 Å². The minimum Gasteiger partial charge on any atom is -0.331 e. The van der Waals surface area contributed by atoms with Crippen molar-refractivity contribution < 1.29 is 9.18 Å². The van der Waals surface area contributed by atoms with E-state index in [0.29, 0.717) is 0 Å². The number of nitrogens with one attached hydrogen (secondary N) is 3. The fourth-order valence-electron chi connectivity index (χ4n) is 2.02. The lowest BCUT2D eigenvalue weighted by molar-refractivity contribution is -0.121. The Labute approximate surface area is 150 Å². The number of rotatable bonds is 4. The van der Waals surface area contributed by atoms with Crippen LogP contribution < -0.4 is 16.2 Å². The van der Waals surface area contributed by atoms with Crippen LogP contribution in [0.15, 0.2) is 42.5 Å². The highest BCUT2D eigenvalue weighted by Crippen LogP contribution is 2.19. The first-order valence-corrected chi connectivity index (χ1v) is 8.16. The van der Waals surface area contributed by atoms with Gasteiger partial charge in [-0.2, -0.15) is 0 Å². The molecule has 0 bridgehead atoms. The van der Waals surface area contributed by atoms with Gasteiger partial charge in [-0.1, -0.05) is 36.7 Å². The first kappa shape index (κ1) is 18.2.